The number of carbonyl (C=O) groups is 1. The molecule has 1 fully saturated rings. The minimum atomic E-state index is -0.197. The molecule has 0 bridgehead atoms. The SMILES string of the molecule is C=CC(=O)N1CCN(c2nc(OC)nc3c2CC[C@H](N2CCCc4ccccc42)C3)C[C@@H]1CC#N. The molecular weight excluding hydrogens is 440 g/mol. The van der Waals surface area contributed by atoms with Gasteiger partial charge in [0.05, 0.1) is 31.3 Å². The Morgan fingerprint density at radius 2 is 2.11 bits per heavy atom. The number of carbonyl (C=O) groups excluding carboxylic acids is 1. The monoisotopic (exact) mass is 472 g/mol. The van der Waals surface area contributed by atoms with Crippen LogP contribution in [0.25, 0.3) is 0 Å². The summed E-state index contributed by atoms with van der Waals surface area (Å²) in [6.07, 6.45) is 6.71. The number of nitriles is 1. The second kappa shape index (κ2) is 9.95. The van der Waals surface area contributed by atoms with Crippen LogP contribution in [0.2, 0.25) is 0 Å². The van der Waals surface area contributed by atoms with Gasteiger partial charge in [0.2, 0.25) is 5.91 Å². The average Bonchev–Trinajstić information content (AvgIpc) is 2.91. The fourth-order valence-electron chi connectivity index (χ4n) is 5.85. The molecule has 1 aromatic heterocycles. The van der Waals surface area contributed by atoms with Crippen LogP contribution in [0.3, 0.4) is 0 Å². The number of hydrogen-bond acceptors (Lipinski definition) is 7. The Balaban J connectivity index is 1.42. The lowest BCUT2D eigenvalue weighted by Gasteiger charge is -2.43. The van der Waals surface area contributed by atoms with E-state index in [4.69, 9.17) is 14.7 Å². The van der Waals surface area contributed by atoms with E-state index < -0.39 is 0 Å². The summed E-state index contributed by atoms with van der Waals surface area (Å²) in [5.41, 5.74) is 5.01. The number of rotatable bonds is 5. The molecule has 2 aromatic rings. The number of anilines is 2. The Labute approximate surface area is 206 Å². The summed E-state index contributed by atoms with van der Waals surface area (Å²) in [4.78, 5) is 28.4. The zero-order valence-electron chi connectivity index (χ0n) is 20.3. The fraction of sp³-hybridized carbons (Fsp3) is 0.481. The van der Waals surface area contributed by atoms with Crippen molar-refractivity contribution in [1.29, 1.82) is 5.26 Å². The molecule has 8 nitrogen and oxygen atoms in total. The number of aromatic nitrogens is 2. The number of nitrogens with zero attached hydrogens (tertiary/aromatic N) is 6. The highest BCUT2D eigenvalue weighted by Crippen LogP contribution is 2.36. The number of ether oxygens (including phenoxy) is 1. The number of benzene rings is 1. The summed E-state index contributed by atoms with van der Waals surface area (Å²) in [6.45, 7) is 6.43. The molecule has 1 amide bonds. The largest absolute Gasteiger partial charge is 0.467 e. The van der Waals surface area contributed by atoms with E-state index in [0.29, 0.717) is 31.7 Å². The van der Waals surface area contributed by atoms with Crippen molar-refractivity contribution in [3.63, 3.8) is 0 Å². The van der Waals surface area contributed by atoms with Gasteiger partial charge in [-0.2, -0.15) is 15.2 Å². The quantitative estimate of drug-likeness (QED) is 0.619. The van der Waals surface area contributed by atoms with E-state index in [-0.39, 0.29) is 18.4 Å². The molecule has 8 heteroatoms. The maximum Gasteiger partial charge on any atom is 0.318 e. The lowest BCUT2D eigenvalue weighted by Crippen LogP contribution is -2.55. The lowest BCUT2D eigenvalue weighted by molar-refractivity contribution is -0.128. The van der Waals surface area contributed by atoms with Crippen molar-refractivity contribution in [2.24, 2.45) is 0 Å². The van der Waals surface area contributed by atoms with Crippen molar-refractivity contribution in [2.45, 2.75) is 50.6 Å². The van der Waals surface area contributed by atoms with E-state index >= 15 is 0 Å². The average molecular weight is 473 g/mol. The highest BCUT2D eigenvalue weighted by molar-refractivity contribution is 5.87. The molecule has 5 rings (SSSR count). The van der Waals surface area contributed by atoms with Gasteiger partial charge in [0.15, 0.2) is 0 Å². The molecule has 1 aromatic carbocycles. The van der Waals surface area contributed by atoms with E-state index in [1.54, 1.807) is 12.0 Å². The van der Waals surface area contributed by atoms with E-state index in [0.717, 1.165) is 43.7 Å². The first-order valence-corrected chi connectivity index (χ1v) is 12.5. The minimum absolute atomic E-state index is 0.128. The number of methoxy groups -OCH3 is 1. The number of para-hydroxylation sites is 1. The molecule has 0 spiro atoms. The van der Waals surface area contributed by atoms with Crippen LogP contribution in [0, 0.1) is 11.3 Å². The second-order valence-electron chi connectivity index (χ2n) is 9.48. The maximum atomic E-state index is 12.3. The third-order valence-electron chi connectivity index (χ3n) is 7.54. The molecule has 3 aliphatic rings. The van der Waals surface area contributed by atoms with Gasteiger partial charge in [-0.3, -0.25) is 4.79 Å². The Morgan fingerprint density at radius 3 is 2.91 bits per heavy atom. The minimum Gasteiger partial charge on any atom is -0.467 e. The number of amides is 1. The van der Waals surface area contributed by atoms with Crippen molar-refractivity contribution in [3.8, 4) is 12.1 Å². The van der Waals surface area contributed by atoms with E-state index in [2.05, 4.69) is 46.7 Å². The second-order valence-corrected chi connectivity index (χ2v) is 9.48. The molecule has 3 heterocycles. The lowest BCUT2D eigenvalue weighted by atomic mass is 9.88. The third-order valence-corrected chi connectivity index (χ3v) is 7.54. The van der Waals surface area contributed by atoms with Crippen LogP contribution in [-0.2, 0) is 24.1 Å². The molecule has 0 unspecified atom stereocenters. The van der Waals surface area contributed by atoms with Gasteiger partial charge < -0.3 is 19.4 Å². The molecule has 0 saturated carbocycles. The van der Waals surface area contributed by atoms with Crippen molar-refractivity contribution in [3.05, 3.63) is 53.7 Å². The smallest absolute Gasteiger partial charge is 0.318 e. The van der Waals surface area contributed by atoms with Gasteiger partial charge in [-0.15, -0.1) is 0 Å². The van der Waals surface area contributed by atoms with Crippen LogP contribution in [0.4, 0.5) is 11.5 Å². The molecule has 35 heavy (non-hydrogen) atoms. The van der Waals surface area contributed by atoms with Crippen LogP contribution in [0.5, 0.6) is 6.01 Å². The topological polar surface area (TPSA) is 85.6 Å². The summed E-state index contributed by atoms with van der Waals surface area (Å²) >= 11 is 0. The van der Waals surface area contributed by atoms with Crippen LogP contribution in [0.15, 0.2) is 36.9 Å². The van der Waals surface area contributed by atoms with E-state index in [1.165, 1.54) is 29.3 Å². The van der Waals surface area contributed by atoms with Crippen LogP contribution < -0.4 is 14.5 Å². The first-order valence-electron chi connectivity index (χ1n) is 12.5. The first-order chi connectivity index (χ1) is 17.1. The number of aryl methyl sites for hydroxylation is 1. The molecule has 1 aliphatic carbocycles. The van der Waals surface area contributed by atoms with E-state index in [9.17, 15) is 10.1 Å². The van der Waals surface area contributed by atoms with Gasteiger partial charge in [0, 0.05) is 49.9 Å². The summed E-state index contributed by atoms with van der Waals surface area (Å²) < 4.78 is 5.51. The summed E-state index contributed by atoms with van der Waals surface area (Å²) in [6, 6.07) is 11.6. The van der Waals surface area contributed by atoms with E-state index in [1.807, 2.05) is 0 Å². The highest BCUT2D eigenvalue weighted by Gasteiger charge is 2.35. The van der Waals surface area contributed by atoms with Crippen molar-refractivity contribution in [1.82, 2.24) is 14.9 Å². The normalized spacial score (nSPS) is 21.5. The van der Waals surface area contributed by atoms with Gasteiger partial charge in [-0.25, -0.2) is 0 Å². The Bertz CT molecular complexity index is 1160. The van der Waals surface area contributed by atoms with Crippen molar-refractivity contribution < 1.29 is 9.53 Å². The zero-order valence-corrected chi connectivity index (χ0v) is 20.3. The molecule has 2 atom stereocenters. The van der Waals surface area contributed by atoms with Gasteiger partial charge in [0.1, 0.15) is 5.82 Å². The molecule has 0 radical (unpaired) electrons. The summed E-state index contributed by atoms with van der Waals surface area (Å²) in [7, 11) is 1.60. The van der Waals surface area contributed by atoms with Crippen LogP contribution in [-0.4, -0.2) is 66.1 Å². The molecule has 1 saturated heterocycles. The Hall–Kier alpha value is -3.60. The molecule has 182 valence electrons. The van der Waals surface area contributed by atoms with Crippen LogP contribution in [0.1, 0.15) is 36.1 Å². The molecule has 2 aliphatic heterocycles. The predicted octanol–water partition coefficient (Wildman–Crippen LogP) is 2.91. The molecule has 0 N–H and O–H groups in total. The number of fused-ring (bicyclic) bond motifs is 2. The maximum absolute atomic E-state index is 12.3. The Kier molecular flexibility index (Phi) is 6.58. The van der Waals surface area contributed by atoms with Crippen molar-refractivity contribution in [2.75, 3.05) is 43.1 Å². The van der Waals surface area contributed by atoms with Gasteiger partial charge in [-0.1, -0.05) is 24.8 Å². The third kappa shape index (κ3) is 4.43. The van der Waals surface area contributed by atoms with Crippen molar-refractivity contribution >= 4 is 17.4 Å². The summed E-state index contributed by atoms with van der Waals surface area (Å²) in [5, 5.41) is 9.36. The fourth-order valence-corrected chi connectivity index (χ4v) is 5.85. The Morgan fingerprint density at radius 1 is 1.26 bits per heavy atom. The highest BCUT2D eigenvalue weighted by atomic mass is 16.5. The predicted molar refractivity (Wildman–Crippen MR) is 135 cm³/mol. The first kappa shape index (κ1) is 23.2. The summed E-state index contributed by atoms with van der Waals surface area (Å²) in [5.74, 6) is 0.759. The standard InChI is InChI=1S/C27H32N6O2/c1-3-25(34)33-16-15-31(18-21(33)12-13-28)26-22-11-10-20(17-23(22)29-27(30-26)35-2)32-14-6-8-19-7-4-5-9-24(19)32/h3-5,7,9,20-21H,1,6,8,10-12,14-18H2,2H3/t20-,21-/m0/s1. The van der Waals surface area contributed by atoms with Gasteiger partial charge in [-0.05, 0) is 43.4 Å². The number of piperazine rings is 1. The van der Waals surface area contributed by atoms with Gasteiger partial charge >= 0.3 is 6.01 Å². The molecular formula is C27H32N6O2. The van der Waals surface area contributed by atoms with Gasteiger partial charge in [0.25, 0.3) is 0 Å². The van der Waals surface area contributed by atoms with Crippen LogP contribution >= 0.6 is 0 Å². The number of hydrogen-bond donors (Lipinski definition) is 0. The zero-order chi connectivity index (χ0) is 24.4.